The highest BCUT2D eigenvalue weighted by Crippen LogP contribution is 2.44. The molecule has 36 heavy (non-hydrogen) atoms. The average molecular weight is 495 g/mol. The third-order valence-electron chi connectivity index (χ3n) is 7.11. The van der Waals surface area contributed by atoms with Crippen molar-refractivity contribution in [2.75, 3.05) is 19.7 Å². The van der Waals surface area contributed by atoms with Crippen LogP contribution in [0, 0.1) is 5.92 Å². The lowest BCUT2D eigenvalue weighted by Gasteiger charge is -2.49. The van der Waals surface area contributed by atoms with Crippen molar-refractivity contribution in [1.29, 1.82) is 0 Å². The van der Waals surface area contributed by atoms with Gasteiger partial charge in [0.15, 0.2) is 0 Å². The third-order valence-corrected chi connectivity index (χ3v) is 7.11. The molecule has 1 aliphatic carbocycles. The second kappa shape index (κ2) is 9.84. The quantitative estimate of drug-likeness (QED) is 0.560. The minimum atomic E-state index is -1.03. The van der Waals surface area contributed by atoms with Crippen LogP contribution in [0.2, 0.25) is 0 Å². The summed E-state index contributed by atoms with van der Waals surface area (Å²) in [4.78, 5) is 38.6. The molecule has 1 aliphatic heterocycles. The first-order valence-electron chi connectivity index (χ1n) is 12.4. The molecule has 0 radical (unpaired) electrons. The summed E-state index contributed by atoms with van der Waals surface area (Å²) in [6.07, 6.45) is -0.979. The van der Waals surface area contributed by atoms with Crippen LogP contribution >= 0.6 is 0 Å². The average Bonchev–Trinajstić information content (AvgIpc) is 3.08. The number of alkyl carbamates (subject to hydrolysis) is 1. The smallest absolute Gasteiger partial charge is 0.410 e. The van der Waals surface area contributed by atoms with Gasteiger partial charge in [0.25, 0.3) is 0 Å². The molecule has 2 aliphatic rings. The number of nitrogens with zero attached hydrogens (tertiary/aromatic N) is 1. The van der Waals surface area contributed by atoms with Gasteiger partial charge in [0.05, 0.1) is 12.0 Å². The van der Waals surface area contributed by atoms with Gasteiger partial charge < -0.3 is 24.8 Å². The Hall–Kier alpha value is -3.55. The Morgan fingerprint density at radius 2 is 1.56 bits per heavy atom. The molecule has 0 spiro atoms. The lowest BCUT2D eigenvalue weighted by atomic mass is 9.74. The number of rotatable bonds is 7. The lowest BCUT2D eigenvalue weighted by molar-refractivity contribution is -0.140. The third kappa shape index (κ3) is 5.17. The second-order valence-corrected chi connectivity index (χ2v) is 10.6. The van der Waals surface area contributed by atoms with Crippen molar-refractivity contribution >= 4 is 18.2 Å². The van der Waals surface area contributed by atoms with Gasteiger partial charge in [0, 0.05) is 24.9 Å². The fourth-order valence-corrected chi connectivity index (χ4v) is 5.20. The first-order valence-corrected chi connectivity index (χ1v) is 12.4. The number of carboxylic acid groups (broad SMARTS) is 1. The van der Waals surface area contributed by atoms with E-state index in [2.05, 4.69) is 17.4 Å². The first-order chi connectivity index (χ1) is 17.0. The molecule has 8 nitrogen and oxygen atoms in total. The van der Waals surface area contributed by atoms with Gasteiger partial charge in [-0.3, -0.25) is 4.79 Å². The SMILES string of the molecule is CCC(CC(=O)O)(NC(=O)OCC1c2ccccc2-c2ccccc21)C1CN(C(=O)OC(C)(C)C)C1. The van der Waals surface area contributed by atoms with E-state index in [0.717, 1.165) is 22.3 Å². The molecule has 2 amide bonds. The molecule has 1 heterocycles. The monoisotopic (exact) mass is 494 g/mol. The van der Waals surface area contributed by atoms with Gasteiger partial charge >= 0.3 is 18.2 Å². The summed E-state index contributed by atoms with van der Waals surface area (Å²) >= 11 is 0. The summed E-state index contributed by atoms with van der Waals surface area (Å²) < 4.78 is 11.1. The van der Waals surface area contributed by atoms with Crippen LogP contribution in [0.4, 0.5) is 9.59 Å². The number of likely N-dealkylation sites (tertiary alicyclic amines) is 1. The van der Waals surface area contributed by atoms with Gasteiger partial charge in [-0.25, -0.2) is 9.59 Å². The van der Waals surface area contributed by atoms with Crippen molar-refractivity contribution in [3.8, 4) is 11.1 Å². The number of amides is 2. The molecule has 192 valence electrons. The van der Waals surface area contributed by atoms with Gasteiger partial charge in [0.2, 0.25) is 0 Å². The molecule has 1 unspecified atom stereocenters. The maximum absolute atomic E-state index is 13.0. The van der Waals surface area contributed by atoms with E-state index in [1.165, 1.54) is 4.90 Å². The van der Waals surface area contributed by atoms with Gasteiger partial charge in [0.1, 0.15) is 12.2 Å². The Morgan fingerprint density at radius 1 is 1.00 bits per heavy atom. The van der Waals surface area contributed by atoms with Gasteiger partial charge in [-0.2, -0.15) is 0 Å². The molecule has 2 aromatic carbocycles. The fraction of sp³-hybridized carbons (Fsp3) is 0.464. The summed E-state index contributed by atoms with van der Waals surface area (Å²) in [5.41, 5.74) is 2.81. The predicted octanol–water partition coefficient (Wildman–Crippen LogP) is 5.02. The maximum atomic E-state index is 13.0. The van der Waals surface area contributed by atoms with E-state index in [1.54, 1.807) is 20.8 Å². The summed E-state index contributed by atoms with van der Waals surface area (Å²) in [6, 6.07) is 16.1. The highest BCUT2D eigenvalue weighted by atomic mass is 16.6. The van der Waals surface area contributed by atoms with E-state index in [4.69, 9.17) is 9.47 Å². The molecule has 2 N–H and O–H groups in total. The molecule has 1 saturated heterocycles. The second-order valence-electron chi connectivity index (χ2n) is 10.6. The number of nitrogens with one attached hydrogen (secondary N) is 1. The van der Waals surface area contributed by atoms with Crippen LogP contribution in [0.3, 0.4) is 0 Å². The Bertz CT molecular complexity index is 1110. The Kier molecular flexibility index (Phi) is 6.98. The van der Waals surface area contributed by atoms with Crippen molar-refractivity contribution in [3.63, 3.8) is 0 Å². The van der Waals surface area contributed by atoms with E-state index in [9.17, 15) is 19.5 Å². The highest BCUT2D eigenvalue weighted by Gasteiger charge is 2.49. The summed E-state index contributed by atoms with van der Waals surface area (Å²) in [5.74, 6) is -1.34. The molecule has 0 bridgehead atoms. The molecular formula is C28H34N2O6. The van der Waals surface area contributed by atoms with E-state index < -0.39 is 29.3 Å². The van der Waals surface area contributed by atoms with Crippen LogP contribution in [-0.4, -0.2) is 59.0 Å². The molecule has 0 saturated carbocycles. The topological polar surface area (TPSA) is 105 Å². The fourth-order valence-electron chi connectivity index (χ4n) is 5.20. The number of hydrogen-bond donors (Lipinski definition) is 2. The zero-order chi connectivity index (χ0) is 26.1. The molecule has 1 atom stereocenters. The molecule has 8 heteroatoms. The molecule has 2 aromatic rings. The van der Waals surface area contributed by atoms with Crippen LogP contribution in [0.5, 0.6) is 0 Å². The largest absolute Gasteiger partial charge is 0.481 e. The van der Waals surface area contributed by atoms with E-state index in [1.807, 2.05) is 43.3 Å². The van der Waals surface area contributed by atoms with Crippen LogP contribution in [0.25, 0.3) is 11.1 Å². The zero-order valence-electron chi connectivity index (χ0n) is 21.2. The van der Waals surface area contributed by atoms with E-state index in [-0.39, 0.29) is 24.9 Å². The molecular weight excluding hydrogens is 460 g/mol. The minimum Gasteiger partial charge on any atom is -0.481 e. The normalized spacial score (nSPS) is 16.8. The van der Waals surface area contributed by atoms with Gasteiger partial charge in [-0.1, -0.05) is 55.5 Å². The minimum absolute atomic E-state index is 0.0926. The number of carbonyl (C=O) groups excluding carboxylic acids is 2. The number of fused-ring (bicyclic) bond motifs is 3. The van der Waals surface area contributed by atoms with Crippen LogP contribution in [0.1, 0.15) is 57.6 Å². The van der Waals surface area contributed by atoms with E-state index in [0.29, 0.717) is 19.5 Å². The van der Waals surface area contributed by atoms with Crippen molar-refractivity contribution in [3.05, 3.63) is 59.7 Å². The van der Waals surface area contributed by atoms with E-state index >= 15 is 0 Å². The predicted molar refractivity (Wildman–Crippen MR) is 135 cm³/mol. The van der Waals surface area contributed by atoms with Gasteiger partial charge in [-0.15, -0.1) is 0 Å². The number of carbonyl (C=O) groups is 3. The van der Waals surface area contributed by atoms with Crippen molar-refractivity contribution in [1.82, 2.24) is 10.2 Å². The molecule has 0 aromatic heterocycles. The summed E-state index contributed by atoms with van der Waals surface area (Å²) in [6.45, 7) is 7.97. The number of benzene rings is 2. The number of hydrogen-bond acceptors (Lipinski definition) is 5. The Labute approximate surface area is 211 Å². The van der Waals surface area contributed by atoms with Crippen molar-refractivity contribution in [2.24, 2.45) is 5.92 Å². The zero-order valence-corrected chi connectivity index (χ0v) is 21.2. The summed E-state index contributed by atoms with van der Waals surface area (Å²) in [5, 5.41) is 12.5. The molecule has 4 rings (SSSR count). The lowest BCUT2D eigenvalue weighted by Crippen LogP contribution is -2.66. The number of aliphatic carboxylic acids is 1. The van der Waals surface area contributed by atoms with Gasteiger partial charge in [-0.05, 0) is 49.4 Å². The number of ether oxygens (including phenoxy) is 2. The van der Waals surface area contributed by atoms with Crippen molar-refractivity contribution < 1.29 is 29.0 Å². The highest BCUT2D eigenvalue weighted by molar-refractivity contribution is 5.79. The van der Waals surface area contributed by atoms with Crippen LogP contribution in [-0.2, 0) is 14.3 Å². The van der Waals surface area contributed by atoms with Crippen LogP contribution < -0.4 is 5.32 Å². The Morgan fingerprint density at radius 3 is 2.06 bits per heavy atom. The number of carboxylic acids is 1. The maximum Gasteiger partial charge on any atom is 0.410 e. The van der Waals surface area contributed by atoms with Crippen LogP contribution in [0.15, 0.2) is 48.5 Å². The standard InChI is InChI=1S/C28H34N2O6/c1-5-28(14-24(31)32,18-15-30(16-18)26(34)36-27(2,3)4)29-25(33)35-17-23-21-12-8-6-10-19(21)20-11-7-9-13-22(20)23/h6-13,18,23H,5,14-17H2,1-4H3,(H,29,33)(H,31,32). The molecule has 1 fully saturated rings. The summed E-state index contributed by atoms with van der Waals surface area (Å²) in [7, 11) is 0. The first kappa shape index (κ1) is 25.5. The Balaban J connectivity index is 1.43. The van der Waals surface area contributed by atoms with Crippen molar-refractivity contribution in [2.45, 2.75) is 57.6 Å².